The molecular weight excluding hydrogens is 362 g/mol. The highest BCUT2D eigenvalue weighted by Gasteiger charge is 2.44. The molecule has 0 radical (unpaired) electrons. The summed E-state index contributed by atoms with van der Waals surface area (Å²) in [4.78, 5) is 27.5. The summed E-state index contributed by atoms with van der Waals surface area (Å²) in [6.45, 7) is 11.5. The molecule has 0 fully saturated rings. The monoisotopic (exact) mass is 385 g/mol. The zero-order valence-corrected chi connectivity index (χ0v) is 16.7. The Hall–Kier alpha value is -2.61. The summed E-state index contributed by atoms with van der Waals surface area (Å²) in [5, 5.41) is 11.3. The Bertz CT molecular complexity index is 905. The third-order valence-electron chi connectivity index (χ3n) is 4.57. The maximum atomic E-state index is 13.3. The number of aryl methyl sites for hydroxylation is 1. The van der Waals surface area contributed by atoms with Crippen LogP contribution in [0.15, 0.2) is 42.1 Å². The Labute approximate surface area is 162 Å². The van der Waals surface area contributed by atoms with Gasteiger partial charge in [0.2, 0.25) is 11.8 Å². The number of anilines is 2. The third-order valence-corrected chi connectivity index (χ3v) is 5.64. The van der Waals surface area contributed by atoms with E-state index in [4.69, 9.17) is 0 Å². The summed E-state index contributed by atoms with van der Waals surface area (Å²) >= 11 is 1.33. The SMILES string of the molecule is C=CCn1c(C)nnc1S[C@@H](C)C(=O)N1c2ccccc2NC(=O)C1(C)C. The van der Waals surface area contributed by atoms with Crippen LogP contribution in [0.3, 0.4) is 0 Å². The molecule has 0 spiro atoms. The average Bonchev–Trinajstić information content (AvgIpc) is 2.96. The van der Waals surface area contributed by atoms with Gasteiger partial charge in [0.25, 0.3) is 0 Å². The maximum Gasteiger partial charge on any atom is 0.250 e. The number of aromatic nitrogens is 3. The van der Waals surface area contributed by atoms with Crippen molar-refractivity contribution in [3.8, 4) is 0 Å². The Morgan fingerprint density at radius 1 is 1.37 bits per heavy atom. The van der Waals surface area contributed by atoms with Crippen molar-refractivity contribution < 1.29 is 9.59 Å². The van der Waals surface area contributed by atoms with Crippen LogP contribution in [0, 0.1) is 6.92 Å². The summed E-state index contributed by atoms with van der Waals surface area (Å²) in [5.74, 6) is 0.399. The number of benzene rings is 1. The molecule has 1 aromatic carbocycles. The summed E-state index contributed by atoms with van der Waals surface area (Å²) in [6, 6.07) is 7.33. The predicted molar refractivity (Wildman–Crippen MR) is 107 cm³/mol. The molecule has 1 aliphatic heterocycles. The van der Waals surface area contributed by atoms with Crippen molar-refractivity contribution in [2.24, 2.45) is 0 Å². The number of thioether (sulfide) groups is 1. The highest BCUT2D eigenvalue weighted by molar-refractivity contribution is 8.00. The Morgan fingerprint density at radius 3 is 2.78 bits per heavy atom. The van der Waals surface area contributed by atoms with Gasteiger partial charge in [-0.05, 0) is 39.8 Å². The van der Waals surface area contributed by atoms with Crippen molar-refractivity contribution in [1.82, 2.24) is 14.8 Å². The van der Waals surface area contributed by atoms with Gasteiger partial charge in [-0.2, -0.15) is 0 Å². The van der Waals surface area contributed by atoms with Crippen LogP contribution in [0.25, 0.3) is 0 Å². The topological polar surface area (TPSA) is 80.1 Å². The van der Waals surface area contributed by atoms with E-state index >= 15 is 0 Å². The van der Waals surface area contributed by atoms with Crippen molar-refractivity contribution in [3.05, 3.63) is 42.7 Å². The first kappa shape index (κ1) is 19.2. The van der Waals surface area contributed by atoms with Gasteiger partial charge < -0.3 is 9.88 Å². The second kappa shape index (κ2) is 7.19. The lowest BCUT2D eigenvalue weighted by atomic mass is 9.96. The molecule has 2 heterocycles. The lowest BCUT2D eigenvalue weighted by Crippen LogP contribution is -2.60. The number of fused-ring (bicyclic) bond motifs is 1. The van der Waals surface area contributed by atoms with Crippen LogP contribution in [0.5, 0.6) is 0 Å². The first-order valence-corrected chi connectivity index (χ1v) is 9.57. The average molecular weight is 385 g/mol. The molecule has 1 atom stereocenters. The molecule has 0 saturated carbocycles. The van der Waals surface area contributed by atoms with E-state index in [1.54, 1.807) is 30.9 Å². The van der Waals surface area contributed by atoms with Gasteiger partial charge in [-0.3, -0.25) is 14.5 Å². The van der Waals surface area contributed by atoms with Crippen LogP contribution in [0.2, 0.25) is 0 Å². The number of hydrogen-bond donors (Lipinski definition) is 1. The smallest absolute Gasteiger partial charge is 0.250 e. The van der Waals surface area contributed by atoms with Gasteiger partial charge in [0.1, 0.15) is 11.4 Å². The zero-order valence-electron chi connectivity index (χ0n) is 15.9. The van der Waals surface area contributed by atoms with E-state index in [0.717, 1.165) is 5.82 Å². The fraction of sp³-hybridized carbons (Fsp3) is 0.368. The quantitative estimate of drug-likeness (QED) is 0.632. The van der Waals surface area contributed by atoms with E-state index in [0.29, 0.717) is 23.1 Å². The van der Waals surface area contributed by atoms with E-state index in [2.05, 4.69) is 22.1 Å². The fourth-order valence-electron chi connectivity index (χ4n) is 3.02. The first-order valence-electron chi connectivity index (χ1n) is 8.69. The van der Waals surface area contributed by atoms with Gasteiger partial charge in [-0.15, -0.1) is 16.8 Å². The van der Waals surface area contributed by atoms with Crippen LogP contribution < -0.4 is 10.2 Å². The number of rotatable bonds is 5. The number of para-hydroxylation sites is 2. The minimum Gasteiger partial charge on any atom is -0.322 e. The molecule has 3 rings (SSSR count). The van der Waals surface area contributed by atoms with Crippen molar-refractivity contribution in [2.75, 3.05) is 10.2 Å². The molecule has 142 valence electrons. The molecule has 2 aromatic rings. The van der Waals surface area contributed by atoms with Crippen LogP contribution in [0.4, 0.5) is 11.4 Å². The molecule has 1 aliphatic rings. The van der Waals surface area contributed by atoms with Crippen LogP contribution in [0.1, 0.15) is 26.6 Å². The number of nitrogens with one attached hydrogen (secondary N) is 1. The van der Waals surface area contributed by atoms with E-state index in [1.165, 1.54) is 11.8 Å². The minimum atomic E-state index is -0.995. The van der Waals surface area contributed by atoms with Gasteiger partial charge in [0.15, 0.2) is 5.16 Å². The van der Waals surface area contributed by atoms with Gasteiger partial charge in [0, 0.05) is 6.54 Å². The first-order chi connectivity index (χ1) is 12.8. The van der Waals surface area contributed by atoms with E-state index in [-0.39, 0.29) is 11.8 Å². The van der Waals surface area contributed by atoms with Crippen LogP contribution in [-0.2, 0) is 16.1 Å². The third kappa shape index (κ3) is 3.37. The fourth-order valence-corrected chi connectivity index (χ4v) is 3.97. The number of amides is 2. The largest absolute Gasteiger partial charge is 0.322 e. The normalized spacial score (nSPS) is 16.4. The molecule has 0 unspecified atom stereocenters. The van der Waals surface area contributed by atoms with E-state index < -0.39 is 10.8 Å². The van der Waals surface area contributed by atoms with Crippen LogP contribution in [-0.4, -0.2) is 37.4 Å². The molecule has 1 N–H and O–H groups in total. The number of nitrogens with zero attached hydrogens (tertiary/aromatic N) is 4. The highest BCUT2D eigenvalue weighted by atomic mass is 32.2. The number of allylic oxidation sites excluding steroid dienone is 1. The standard InChI is InChI=1S/C19H23N5O2S/c1-6-11-23-13(3)21-22-18(23)27-12(2)16(25)24-15-10-8-7-9-14(15)20-17(26)19(24,4)5/h6-10,12H,1,11H2,2-5H3,(H,20,26)/t12-/m0/s1. The number of hydrogen-bond acceptors (Lipinski definition) is 5. The molecule has 27 heavy (non-hydrogen) atoms. The molecule has 8 heteroatoms. The summed E-state index contributed by atoms with van der Waals surface area (Å²) in [7, 11) is 0. The lowest BCUT2D eigenvalue weighted by Gasteiger charge is -2.43. The minimum absolute atomic E-state index is 0.155. The molecule has 0 aliphatic carbocycles. The second-order valence-electron chi connectivity index (χ2n) is 6.89. The van der Waals surface area contributed by atoms with Gasteiger partial charge in [0.05, 0.1) is 16.6 Å². The Kier molecular flexibility index (Phi) is 5.10. The molecular formula is C19H23N5O2S. The van der Waals surface area contributed by atoms with Gasteiger partial charge in [-0.25, -0.2) is 0 Å². The summed E-state index contributed by atoms with van der Waals surface area (Å²) < 4.78 is 1.91. The van der Waals surface area contributed by atoms with Gasteiger partial charge in [-0.1, -0.05) is 30.0 Å². The van der Waals surface area contributed by atoms with Crippen molar-refractivity contribution in [3.63, 3.8) is 0 Å². The Balaban J connectivity index is 1.92. The second-order valence-corrected chi connectivity index (χ2v) is 8.20. The van der Waals surface area contributed by atoms with E-state index in [1.807, 2.05) is 36.6 Å². The van der Waals surface area contributed by atoms with E-state index in [9.17, 15) is 9.59 Å². The maximum absolute atomic E-state index is 13.3. The molecule has 1 aromatic heterocycles. The number of carbonyl (C=O) groups is 2. The van der Waals surface area contributed by atoms with Gasteiger partial charge >= 0.3 is 0 Å². The van der Waals surface area contributed by atoms with Crippen molar-refractivity contribution in [1.29, 1.82) is 0 Å². The zero-order chi connectivity index (χ0) is 19.8. The summed E-state index contributed by atoms with van der Waals surface area (Å²) in [6.07, 6.45) is 1.77. The summed E-state index contributed by atoms with van der Waals surface area (Å²) in [5.41, 5.74) is 0.339. The molecule has 0 bridgehead atoms. The molecule has 7 nitrogen and oxygen atoms in total. The Morgan fingerprint density at radius 2 is 2.07 bits per heavy atom. The molecule has 2 amide bonds. The predicted octanol–water partition coefficient (Wildman–Crippen LogP) is 3.02. The lowest BCUT2D eigenvalue weighted by molar-refractivity contribution is -0.126. The van der Waals surface area contributed by atoms with Crippen LogP contribution >= 0.6 is 11.8 Å². The van der Waals surface area contributed by atoms with Crippen molar-refractivity contribution in [2.45, 2.75) is 50.2 Å². The highest BCUT2D eigenvalue weighted by Crippen LogP contribution is 2.38. The number of carbonyl (C=O) groups excluding carboxylic acids is 2. The van der Waals surface area contributed by atoms with Crippen molar-refractivity contribution >= 4 is 35.0 Å². The molecule has 0 saturated heterocycles.